The molecule has 3 nitrogen and oxygen atoms in total. The topological polar surface area (TPSA) is 32.3 Å². The Labute approximate surface area is 108 Å². The molecule has 84 valence electrons. The van der Waals surface area contributed by atoms with E-state index >= 15 is 0 Å². The van der Waals surface area contributed by atoms with Gasteiger partial charge in [-0.2, -0.15) is 0 Å². The van der Waals surface area contributed by atoms with Gasteiger partial charge in [0.05, 0.1) is 9.91 Å². The molecular formula is C10H10N2OS3. The second-order valence-corrected chi connectivity index (χ2v) is 6.24. The largest absolute Gasteiger partial charge is 0.370 e. The summed E-state index contributed by atoms with van der Waals surface area (Å²) in [5.74, 6) is -0.102. The first-order valence-electron chi connectivity index (χ1n) is 4.58. The summed E-state index contributed by atoms with van der Waals surface area (Å²) < 4.78 is 0.528. The maximum atomic E-state index is 11.4. The van der Waals surface area contributed by atoms with Crippen LogP contribution in [0.4, 0.5) is 5.00 Å². The fourth-order valence-corrected chi connectivity index (χ4v) is 3.19. The van der Waals surface area contributed by atoms with E-state index in [0.717, 1.165) is 9.88 Å². The highest BCUT2D eigenvalue weighted by atomic mass is 32.2. The molecule has 1 amide bonds. The number of nitrogens with zero attached hydrogens (tertiary/aromatic N) is 1. The van der Waals surface area contributed by atoms with Crippen LogP contribution >= 0.6 is 35.3 Å². The summed E-state index contributed by atoms with van der Waals surface area (Å²) in [4.78, 5) is 15.2. The molecule has 1 aliphatic heterocycles. The zero-order valence-corrected chi connectivity index (χ0v) is 11.3. The molecule has 0 aliphatic carbocycles. The van der Waals surface area contributed by atoms with Gasteiger partial charge < -0.3 is 10.2 Å². The van der Waals surface area contributed by atoms with Gasteiger partial charge in [0.1, 0.15) is 4.32 Å². The van der Waals surface area contributed by atoms with Gasteiger partial charge >= 0.3 is 0 Å². The first kappa shape index (κ1) is 11.6. The monoisotopic (exact) mass is 270 g/mol. The Balaban J connectivity index is 2.22. The lowest BCUT2D eigenvalue weighted by atomic mass is 10.4. The molecule has 2 heterocycles. The van der Waals surface area contributed by atoms with Crippen molar-refractivity contribution in [2.45, 2.75) is 0 Å². The van der Waals surface area contributed by atoms with Crippen LogP contribution < -0.4 is 10.2 Å². The molecule has 0 atom stereocenters. The molecule has 6 heteroatoms. The average molecular weight is 270 g/mol. The standard InChI is InChI=1S/C10H10N2OS3/c1-12(2)8-4-3-6(15-8)5-7-9(13)11-10(14)16-7/h3-5H,1-2H3,(H,11,13,14)/b7-5-. The first-order chi connectivity index (χ1) is 7.56. The van der Waals surface area contributed by atoms with Crippen molar-refractivity contribution in [1.29, 1.82) is 0 Å². The molecule has 1 aromatic heterocycles. The molecule has 1 saturated heterocycles. The van der Waals surface area contributed by atoms with Gasteiger partial charge in [-0.25, -0.2) is 0 Å². The zero-order chi connectivity index (χ0) is 11.7. The lowest BCUT2D eigenvalue weighted by Gasteiger charge is -2.06. The molecule has 0 saturated carbocycles. The van der Waals surface area contributed by atoms with E-state index < -0.39 is 0 Å². The normalized spacial score (nSPS) is 18.0. The van der Waals surface area contributed by atoms with Crippen molar-refractivity contribution >= 4 is 56.6 Å². The Morgan fingerprint density at radius 3 is 2.69 bits per heavy atom. The van der Waals surface area contributed by atoms with E-state index in [0.29, 0.717) is 9.23 Å². The predicted octanol–water partition coefficient (Wildman–Crippen LogP) is 2.30. The molecule has 0 unspecified atom stereocenters. The van der Waals surface area contributed by atoms with Crippen molar-refractivity contribution in [3.63, 3.8) is 0 Å². The van der Waals surface area contributed by atoms with E-state index in [1.54, 1.807) is 11.3 Å². The van der Waals surface area contributed by atoms with Crippen molar-refractivity contribution < 1.29 is 4.79 Å². The maximum absolute atomic E-state index is 11.4. The maximum Gasteiger partial charge on any atom is 0.263 e. The number of rotatable bonds is 2. The van der Waals surface area contributed by atoms with Crippen molar-refractivity contribution in [2.75, 3.05) is 19.0 Å². The number of hydrogen-bond donors (Lipinski definition) is 1. The van der Waals surface area contributed by atoms with Gasteiger partial charge in [0.2, 0.25) is 0 Å². The molecule has 0 bridgehead atoms. The van der Waals surface area contributed by atoms with Crippen LogP contribution in [0.5, 0.6) is 0 Å². The van der Waals surface area contributed by atoms with Gasteiger partial charge in [0.25, 0.3) is 5.91 Å². The van der Waals surface area contributed by atoms with E-state index in [9.17, 15) is 4.79 Å². The highest BCUT2D eigenvalue weighted by Gasteiger charge is 2.22. The van der Waals surface area contributed by atoms with Crippen molar-refractivity contribution in [2.24, 2.45) is 0 Å². The Kier molecular flexibility index (Phi) is 3.32. The highest BCUT2D eigenvalue weighted by molar-refractivity contribution is 8.26. The number of anilines is 1. The van der Waals surface area contributed by atoms with Crippen molar-refractivity contribution in [3.8, 4) is 0 Å². The smallest absolute Gasteiger partial charge is 0.263 e. The summed E-state index contributed by atoms with van der Waals surface area (Å²) in [6, 6.07) is 4.04. The summed E-state index contributed by atoms with van der Waals surface area (Å²) >= 11 is 7.88. The second-order valence-electron chi connectivity index (χ2n) is 3.42. The molecule has 1 aromatic rings. The summed E-state index contributed by atoms with van der Waals surface area (Å²) in [5, 5.41) is 3.76. The third-order valence-electron chi connectivity index (χ3n) is 1.97. The number of carbonyl (C=O) groups excluding carboxylic acids is 1. The molecule has 1 fully saturated rings. The molecule has 0 aromatic carbocycles. The second kappa shape index (κ2) is 4.57. The molecule has 2 rings (SSSR count). The molecule has 1 N–H and O–H groups in total. The van der Waals surface area contributed by atoms with Crippen LogP contribution in [0, 0.1) is 0 Å². The number of thiocarbonyl (C=S) groups is 1. The summed E-state index contributed by atoms with van der Waals surface area (Å²) in [5.41, 5.74) is 0. The molecule has 16 heavy (non-hydrogen) atoms. The van der Waals surface area contributed by atoms with Crippen LogP contribution in [-0.4, -0.2) is 24.3 Å². The third-order valence-corrected chi connectivity index (χ3v) is 4.33. The average Bonchev–Trinajstić information content (AvgIpc) is 2.75. The number of amides is 1. The van der Waals surface area contributed by atoms with Gasteiger partial charge in [-0.1, -0.05) is 24.0 Å². The number of thioether (sulfide) groups is 1. The Hall–Kier alpha value is -0.850. The van der Waals surface area contributed by atoms with Crippen LogP contribution in [0.3, 0.4) is 0 Å². The van der Waals surface area contributed by atoms with Gasteiger partial charge in [-0.05, 0) is 18.2 Å². The molecule has 0 radical (unpaired) electrons. The summed E-state index contributed by atoms with van der Waals surface area (Å²) in [6.45, 7) is 0. The minimum absolute atomic E-state index is 0.102. The minimum atomic E-state index is -0.102. The number of hydrogen-bond acceptors (Lipinski definition) is 5. The lowest BCUT2D eigenvalue weighted by Crippen LogP contribution is -2.17. The minimum Gasteiger partial charge on any atom is -0.370 e. The number of carbonyl (C=O) groups is 1. The predicted molar refractivity (Wildman–Crippen MR) is 75.0 cm³/mol. The fraction of sp³-hybridized carbons (Fsp3) is 0.200. The number of thiophene rings is 1. The quantitative estimate of drug-likeness (QED) is 0.660. The van der Waals surface area contributed by atoms with Gasteiger partial charge in [0, 0.05) is 19.0 Å². The van der Waals surface area contributed by atoms with Crippen LogP contribution in [0.1, 0.15) is 4.88 Å². The lowest BCUT2D eigenvalue weighted by molar-refractivity contribution is -0.115. The van der Waals surface area contributed by atoms with Crippen LogP contribution in [0.15, 0.2) is 17.0 Å². The Bertz CT molecular complexity index is 476. The SMILES string of the molecule is CN(C)c1ccc(/C=C2\SC(=S)NC2=O)s1. The van der Waals surface area contributed by atoms with Gasteiger partial charge in [0.15, 0.2) is 0 Å². The van der Waals surface area contributed by atoms with E-state index in [1.165, 1.54) is 11.8 Å². The van der Waals surface area contributed by atoms with Crippen LogP contribution in [0.25, 0.3) is 6.08 Å². The van der Waals surface area contributed by atoms with Gasteiger partial charge in [-0.15, -0.1) is 11.3 Å². The van der Waals surface area contributed by atoms with E-state index in [2.05, 4.69) is 5.32 Å². The van der Waals surface area contributed by atoms with E-state index in [-0.39, 0.29) is 5.91 Å². The van der Waals surface area contributed by atoms with Crippen molar-refractivity contribution in [1.82, 2.24) is 5.32 Å². The van der Waals surface area contributed by atoms with E-state index in [4.69, 9.17) is 12.2 Å². The van der Waals surface area contributed by atoms with Crippen LogP contribution in [-0.2, 0) is 4.79 Å². The first-order valence-corrected chi connectivity index (χ1v) is 6.62. The molecular weight excluding hydrogens is 260 g/mol. The van der Waals surface area contributed by atoms with Crippen LogP contribution in [0.2, 0.25) is 0 Å². The van der Waals surface area contributed by atoms with Gasteiger partial charge in [-0.3, -0.25) is 4.79 Å². The van der Waals surface area contributed by atoms with E-state index in [1.807, 2.05) is 37.2 Å². The molecule has 0 spiro atoms. The Morgan fingerprint density at radius 1 is 1.44 bits per heavy atom. The number of nitrogens with one attached hydrogen (secondary N) is 1. The summed E-state index contributed by atoms with van der Waals surface area (Å²) in [6.07, 6.45) is 1.87. The molecule has 1 aliphatic rings. The Morgan fingerprint density at radius 2 is 2.19 bits per heavy atom. The zero-order valence-electron chi connectivity index (χ0n) is 8.81. The van der Waals surface area contributed by atoms with Crippen molar-refractivity contribution in [3.05, 3.63) is 21.9 Å². The summed E-state index contributed by atoms with van der Waals surface area (Å²) in [7, 11) is 3.99. The highest BCUT2D eigenvalue weighted by Crippen LogP contribution is 2.30. The third kappa shape index (κ3) is 2.45. The fourth-order valence-electron chi connectivity index (χ4n) is 1.21.